The van der Waals surface area contributed by atoms with Crippen LogP contribution in [0.4, 0.5) is 5.69 Å². The van der Waals surface area contributed by atoms with Crippen molar-refractivity contribution < 1.29 is 19.4 Å². The molecule has 1 aromatic heterocycles. The lowest BCUT2D eigenvalue weighted by atomic mass is 10.0. The summed E-state index contributed by atoms with van der Waals surface area (Å²) in [6, 6.07) is 3.73. The van der Waals surface area contributed by atoms with E-state index in [1.807, 2.05) is 23.7 Å². The molecule has 1 aliphatic rings. The fraction of sp³-hybridized carbons (Fsp3) is 0.556. The maximum Gasteiger partial charge on any atom is 0.211 e. The number of hydrogen-bond donors (Lipinski definition) is 2. The van der Waals surface area contributed by atoms with Crippen LogP contribution >= 0.6 is 0 Å². The van der Waals surface area contributed by atoms with Crippen LogP contribution in [0.15, 0.2) is 12.1 Å². The van der Waals surface area contributed by atoms with Crippen molar-refractivity contribution in [2.24, 2.45) is 13.0 Å². The van der Waals surface area contributed by atoms with E-state index < -0.39 is 5.60 Å². The minimum absolute atomic E-state index is 0.394. The predicted molar refractivity (Wildman–Crippen MR) is 94.8 cm³/mol. The molecule has 7 nitrogen and oxygen atoms in total. The molecule has 1 aromatic carbocycles. The quantitative estimate of drug-likeness (QED) is 0.712. The zero-order chi connectivity index (χ0) is 18.0. The Hall–Kier alpha value is -2.12. The standard InChI is InChI=1S/C18H25N3O4/c1-18(2,23)5-4-17-20-13-7-16(25-10-12-8-24-9-12)14(19-11-22)6-15(13)21(17)3/h6-7,11-12,23H,4-5,8-10H2,1-3H3,(H,19,22). The largest absolute Gasteiger partial charge is 0.491 e. The number of nitrogens with one attached hydrogen (secondary N) is 1. The molecule has 1 amide bonds. The lowest BCUT2D eigenvalue weighted by molar-refractivity contribution is -0.105. The average molecular weight is 347 g/mol. The highest BCUT2D eigenvalue weighted by Crippen LogP contribution is 2.31. The van der Waals surface area contributed by atoms with Gasteiger partial charge in [0.2, 0.25) is 6.41 Å². The van der Waals surface area contributed by atoms with Crippen LogP contribution in [0.1, 0.15) is 26.1 Å². The molecule has 136 valence electrons. The molecular weight excluding hydrogens is 322 g/mol. The summed E-state index contributed by atoms with van der Waals surface area (Å²) in [5.74, 6) is 1.89. The van der Waals surface area contributed by atoms with Gasteiger partial charge in [-0.15, -0.1) is 0 Å². The molecule has 1 aliphatic heterocycles. The normalized spacial score (nSPS) is 15.2. The number of ether oxygens (including phenoxy) is 2. The molecule has 2 N–H and O–H groups in total. The first kappa shape index (κ1) is 17.7. The molecule has 3 rings (SSSR count). The molecule has 0 bridgehead atoms. The van der Waals surface area contributed by atoms with Gasteiger partial charge in [0.1, 0.15) is 11.6 Å². The summed E-state index contributed by atoms with van der Waals surface area (Å²) in [5.41, 5.74) is 1.61. The van der Waals surface area contributed by atoms with E-state index in [9.17, 15) is 9.90 Å². The molecule has 1 fully saturated rings. The van der Waals surface area contributed by atoms with Crippen LogP contribution < -0.4 is 10.1 Å². The lowest BCUT2D eigenvalue weighted by Gasteiger charge is -2.26. The number of imidazole rings is 1. The van der Waals surface area contributed by atoms with Crippen molar-refractivity contribution in [2.75, 3.05) is 25.1 Å². The van der Waals surface area contributed by atoms with Gasteiger partial charge in [0.25, 0.3) is 0 Å². The maximum atomic E-state index is 10.9. The highest BCUT2D eigenvalue weighted by Gasteiger charge is 2.21. The molecule has 0 unspecified atom stereocenters. The topological polar surface area (TPSA) is 85.6 Å². The van der Waals surface area contributed by atoms with Crippen molar-refractivity contribution in [3.8, 4) is 5.75 Å². The molecule has 0 atom stereocenters. The SMILES string of the molecule is Cn1c(CCC(C)(C)O)nc2cc(OCC3COC3)c(NC=O)cc21. The van der Waals surface area contributed by atoms with Gasteiger partial charge in [0.05, 0.1) is 42.1 Å². The van der Waals surface area contributed by atoms with Gasteiger partial charge in [-0.3, -0.25) is 4.79 Å². The maximum absolute atomic E-state index is 10.9. The second kappa shape index (κ2) is 7.01. The molecule has 0 spiro atoms. The summed E-state index contributed by atoms with van der Waals surface area (Å²) in [7, 11) is 1.94. The van der Waals surface area contributed by atoms with E-state index in [1.165, 1.54) is 0 Å². The first-order chi connectivity index (χ1) is 11.9. The number of amides is 1. The Kier molecular flexibility index (Phi) is 4.96. The fourth-order valence-electron chi connectivity index (χ4n) is 2.79. The summed E-state index contributed by atoms with van der Waals surface area (Å²) in [4.78, 5) is 15.6. The van der Waals surface area contributed by atoms with Crippen LogP contribution in [-0.2, 0) is 23.0 Å². The van der Waals surface area contributed by atoms with Gasteiger partial charge < -0.3 is 24.5 Å². The smallest absolute Gasteiger partial charge is 0.211 e. The van der Waals surface area contributed by atoms with Gasteiger partial charge in [0, 0.05) is 25.5 Å². The Balaban J connectivity index is 1.87. The van der Waals surface area contributed by atoms with E-state index in [-0.39, 0.29) is 0 Å². The summed E-state index contributed by atoms with van der Waals surface area (Å²) < 4.78 is 13.0. The van der Waals surface area contributed by atoms with Crippen molar-refractivity contribution in [3.63, 3.8) is 0 Å². The van der Waals surface area contributed by atoms with Gasteiger partial charge in [-0.2, -0.15) is 0 Å². The number of fused-ring (bicyclic) bond motifs is 1. The van der Waals surface area contributed by atoms with Gasteiger partial charge in [-0.1, -0.05) is 0 Å². The number of carbonyl (C=O) groups excluding carboxylic acids is 1. The monoisotopic (exact) mass is 347 g/mol. The highest BCUT2D eigenvalue weighted by molar-refractivity contribution is 5.87. The first-order valence-electron chi connectivity index (χ1n) is 8.50. The number of benzene rings is 1. The number of rotatable bonds is 8. The average Bonchev–Trinajstić information content (AvgIpc) is 2.79. The van der Waals surface area contributed by atoms with E-state index in [0.717, 1.165) is 16.9 Å². The summed E-state index contributed by atoms with van der Waals surface area (Å²) in [6.07, 6.45) is 1.93. The highest BCUT2D eigenvalue weighted by atomic mass is 16.5. The molecule has 0 radical (unpaired) electrons. The van der Waals surface area contributed by atoms with E-state index in [0.29, 0.717) is 56.4 Å². The molecule has 1 saturated heterocycles. The number of carbonyl (C=O) groups is 1. The zero-order valence-corrected chi connectivity index (χ0v) is 14.9. The van der Waals surface area contributed by atoms with Crippen LogP contribution in [0.3, 0.4) is 0 Å². The van der Waals surface area contributed by atoms with Gasteiger partial charge in [0.15, 0.2) is 0 Å². The molecular formula is C18H25N3O4. The fourth-order valence-corrected chi connectivity index (χ4v) is 2.79. The third kappa shape index (κ3) is 4.11. The molecule has 7 heteroatoms. The molecule has 25 heavy (non-hydrogen) atoms. The Labute approximate surface area is 146 Å². The van der Waals surface area contributed by atoms with Gasteiger partial charge in [-0.05, 0) is 26.3 Å². The number of nitrogens with zero attached hydrogens (tertiary/aromatic N) is 2. The number of aryl methyl sites for hydroxylation is 2. The Morgan fingerprint density at radius 2 is 2.24 bits per heavy atom. The van der Waals surface area contributed by atoms with Crippen LogP contribution in [0.5, 0.6) is 5.75 Å². The van der Waals surface area contributed by atoms with E-state index in [1.54, 1.807) is 13.8 Å². The van der Waals surface area contributed by atoms with Gasteiger partial charge >= 0.3 is 0 Å². The number of anilines is 1. The Morgan fingerprint density at radius 3 is 2.84 bits per heavy atom. The van der Waals surface area contributed by atoms with E-state index in [2.05, 4.69) is 10.3 Å². The summed E-state index contributed by atoms with van der Waals surface area (Å²) in [5, 5.41) is 12.6. The van der Waals surface area contributed by atoms with E-state index in [4.69, 9.17) is 9.47 Å². The first-order valence-corrected chi connectivity index (χ1v) is 8.50. The van der Waals surface area contributed by atoms with Crippen molar-refractivity contribution in [1.82, 2.24) is 9.55 Å². The Morgan fingerprint density at radius 1 is 1.48 bits per heavy atom. The van der Waals surface area contributed by atoms with Crippen molar-refractivity contribution in [2.45, 2.75) is 32.3 Å². The van der Waals surface area contributed by atoms with Crippen LogP contribution in [0, 0.1) is 5.92 Å². The van der Waals surface area contributed by atoms with Crippen LogP contribution in [-0.4, -0.2) is 46.5 Å². The number of aliphatic hydroxyl groups is 1. The third-order valence-electron chi connectivity index (χ3n) is 4.43. The van der Waals surface area contributed by atoms with Crippen molar-refractivity contribution in [1.29, 1.82) is 0 Å². The van der Waals surface area contributed by atoms with Gasteiger partial charge in [-0.25, -0.2) is 4.98 Å². The summed E-state index contributed by atoms with van der Waals surface area (Å²) >= 11 is 0. The number of aromatic nitrogens is 2. The second-order valence-electron chi connectivity index (χ2n) is 7.21. The van der Waals surface area contributed by atoms with Crippen molar-refractivity contribution in [3.05, 3.63) is 18.0 Å². The summed E-state index contributed by atoms with van der Waals surface area (Å²) in [6.45, 7) is 5.56. The molecule has 2 heterocycles. The lowest BCUT2D eigenvalue weighted by Crippen LogP contribution is -2.32. The van der Waals surface area contributed by atoms with E-state index >= 15 is 0 Å². The van der Waals surface area contributed by atoms with Crippen molar-refractivity contribution >= 4 is 23.1 Å². The second-order valence-corrected chi connectivity index (χ2v) is 7.21. The molecule has 0 saturated carbocycles. The minimum Gasteiger partial charge on any atom is -0.491 e. The Bertz CT molecular complexity index is 760. The third-order valence-corrected chi connectivity index (χ3v) is 4.43. The zero-order valence-electron chi connectivity index (χ0n) is 14.9. The van der Waals surface area contributed by atoms with Crippen LogP contribution in [0.2, 0.25) is 0 Å². The molecule has 2 aromatic rings. The minimum atomic E-state index is -0.735. The van der Waals surface area contributed by atoms with Crippen LogP contribution in [0.25, 0.3) is 11.0 Å². The number of hydrogen-bond acceptors (Lipinski definition) is 5. The molecule has 0 aliphatic carbocycles. The predicted octanol–water partition coefficient (Wildman–Crippen LogP) is 1.87.